The monoisotopic (exact) mass is 404 g/mol. The molecule has 0 saturated carbocycles. The van der Waals surface area contributed by atoms with E-state index in [2.05, 4.69) is 64.7 Å². The second-order valence-electron chi connectivity index (χ2n) is 6.74. The van der Waals surface area contributed by atoms with E-state index in [0.29, 0.717) is 4.96 Å². The number of imidazole rings is 1. The van der Waals surface area contributed by atoms with Gasteiger partial charge in [0, 0.05) is 5.56 Å². The van der Waals surface area contributed by atoms with Gasteiger partial charge in [-0.25, -0.2) is 23.1 Å². The minimum Gasteiger partial charge on any atom is -0.223 e. The summed E-state index contributed by atoms with van der Waals surface area (Å²) in [6.45, 7) is 0. The maximum absolute atomic E-state index is 11.5. The first-order valence-electron chi connectivity index (χ1n) is 8.55. The van der Waals surface area contributed by atoms with Crippen molar-refractivity contribution in [1.29, 1.82) is 0 Å². The van der Waals surface area contributed by atoms with Crippen molar-refractivity contribution in [2.75, 3.05) is 0 Å². The molecule has 0 bridgehead atoms. The Morgan fingerprint density at radius 3 is 2.29 bits per heavy atom. The van der Waals surface area contributed by atoms with E-state index in [0.717, 1.165) is 28.0 Å². The summed E-state index contributed by atoms with van der Waals surface area (Å²) in [7, 11) is -3.83. The third-order valence-corrected chi connectivity index (χ3v) is 7.31. The van der Waals surface area contributed by atoms with E-state index >= 15 is 0 Å². The standard InChI is InChI=1S/C20H12N4O2S2/c21-28(25,26)20-23-24-10-16(22-19(24)27-20)14-8-6-13-5-4-11-2-1-3-12-7-9-15(14)18(13)17(11)12/h1-10H,(H2,21,25,26). The van der Waals surface area contributed by atoms with Crippen LogP contribution in [0.2, 0.25) is 0 Å². The number of rotatable bonds is 2. The average Bonchev–Trinajstić information content (AvgIpc) is 3.25. The van der Waals surface area contributed by atoms with E-state index in [1.54, 1.807) is 6.20 Å². The fraction of sp³-hybridized carbons (Fsp3) is 0. The predicted octanol–water partition coefficient (Wildman–Crippen LogP) is 4.00. The van der Waals surface area contributed by atoms with Crippen molar-refractivity contribution in [1.82, 2.24) is 14.6 Å². The van der Waals surface area contributed by atoms with Gasteiger partial charge in [0.2, 0.25) is 9.30 Å². The molecule has 0 aliphatic heterocycles. The molecule has 6 aromatic rings. The first kappa shape index (κ1) is 15.9. The summed E-state index contributed by atoms with van der Waals surface area (Å²) in [6, 6.07) is 19.0. The number of primary sulfonamides is 1. The molecule has 0 aliphatic carbocycles. The Hall–Kier alpha value is -3.07. The second-order valence-corrected chi connectivity index (χ2v) is 9.43. The van der Waals surface area contributed by atoms with Crippen LogP contribution in [0, 0.1) is 0 Å². The molecule has 8 heteroatoms. The van der Waals surface area contributed by atoms with Crippen LogP contribution in [0.15, 0.2) is 65.1 Å². The Kier molecular flexibility index (Phi) is 2.99. The van der Waals surface area contributed by atoms with Gasteiger partial charge in [0.1, 0.15) is 0 Å². The van der Waals surface area contributed by atoms with Crippen LogP contribution >= 0.6 is 11.3 Å². The number of nitrogens with two attached hydrogens (primary N) is 1. The first-order chi connectivity index (χ1) is 13.5. The summed E-state index contributed by atoms with van der Waals surface area (Å²) in [5.41, 5.74) is 1.73. The van der Waals surface area contributed by atoms with Crippen molar-refractivity contribution in [3.8, 4) is 11.3 Å². The lowest BCUT2D eigenvalue weighted by Gasteiger charge is -2.12. The van der Waals surface area contributed by atoms with E-state index < -0.39 is 10.0 Å². The molecule has 2 heterocycles. The average molecular weight is 404 g/mol. The van der Waals surface area contributed by atoms with Crippen molar-refractivity contribution in [3.63, 3.8) is 0 Å². The molecular weight excluding hydrogens is 392 g/mol. The lowest BCUT2D eigenvalue weighted by Crippen LogP contribution is -2.12. The van der Waals surface area contributed by atoms with Gasteiger partial charge in [-0.2, -0.15) is 0 Å². The lowest BCUT2D eigenvalue weighted by molar-refractivity contribution is 0.595. The summed E-state index contributed by atoms with van der Waals surface area (Å²) in [4.78, 5) is 5.09. The van der Waals surface area contributed by atoms with Crippen LogP contribution in [0.3, 0.4) is 0 Å². The maximum Gasteiger partial charge on any atom is 0.267 e. The van der Waals surface area contributed by atoms with Crippen LogP contribution in [0.5, 0.6) is 0 Å². The van der Waals surface area contributed by atoms with Crippen molar-refractivity contribution < 1.29 is 8.42 Å². The zero-order chi connectivity index (χ0) is 19.0. The van der Waals surface area contributed by atoms with E-state index in [-0.39, 0.29) is 4.34 Å². The number of hydrogen-bond acceptors (Lipinski definition) is 5. The molecule has 0 radical (unpaired) electrons. The fourth-order valence-electron chi connectivity index (χ4n) is 3.89. The highest BCUT2D eigenvalue weighted by atomic mass is 32.2. The molecule has 0 unspecified atom stereocenters. The van der Waals surface area contributed by atoms with Gasteiger partial charge in [0.15, 0.2) is 0 Å². The second kappa shape index (κ2) is 5.26. The van der Waals surface area contributed by atoms with Crippen molar-refractivity contribution in [2.24, 2.45) is 5.14 Å². The van der Waals surface area contributed by atoms with Crippen LogP contribution in [0.4, 0.5) is 0 Å². The maximum atomic E-state index is 11.5. The largest absolute Gasteiger partial charge is 0.267 e. The molecule has 0 aliphatic rings. The summed E-state index contributed by atoms with van der Waals surface area (Å²) in [5, 5.41) is 16.4. The zero-order valence-electron chi connectivity index (χ0n) is 14.3. The molecule has 136 valence electrons. The molecule has 6 rings (SSSR count). The molecule has 0 fully saturated rings. The fourth-order valence-corrected chi connectivity index (χ4v) is 5.39. The van der Waals surface area contributed by atoms with Gasteiger partial charge in [-0.05, 0) is 32.3 Å². The molecule has 0 saturated heterocycles. The van der Waals surface area contributed by atoms with Crippen molar-refractivity contribution in [3.05, 3.63) is 60.8 Å². The molecule has 0 spiro atoms. The highest BCUT2D eigenvalue weighted by Crippen LogP contribution is 2.39. The molecule has 0 atom stereocenters. The molecule has 0 amide bonds. The molecular formula is C20H12N4O2S2. The summed E-state index contributed by atoms with van der Waals surface area (Å²) in [5.74, 6) is 0. The zero-order valence-corrected chi connectivity index (χ0v) is 16.0. The predicted molar refractivity (Wildman–Crippen MR) is 111 cm³/mol. The van der Waals surface area contributed by atoms with Crippen molar-refractivity contribution in [2.45, 2.75) is 4.34 Å². The number of fused-ring (bicyclic) bond motifs is 1. The number of nitrogens with zero attached hydrogens (tertiary/aromatic N) is 3. The topological polar surface area (TPSA) is 90.4 Å². The van der Waals surface area contributed by atoms with E-state index in [9.17, 15) is 8.42 Å². The summed E-state index contributed by atoms with van der Waals surface area (Å²) >= 11 is 0.961. The molecule has 4 aromatic carbocycles. The van der Waals surface area contributed by atoms with E-state index in [1.807, 2.05) is 0 Å². The van der Waals surface area contributed by atoms with Crippen molar-refractivity contribution >= 4 is 58.6 Å². The van der Waals surface area contributed by atoms with Crippen LogP contribution in [0.1, 0.15) is 0 Å². The molecule has 28 heavy (non-hydrogen) atoms. The van der Waals surface area contributed by atoms with Gasteiger partial charge in [-0.3, -0.25) is 0 Å². The van der Waals surface area contributed by atoms with Gasteiger partial charge >= 0.3 is 0 Å². The number of benzene rings is 4. The van der Waals surface area contributed by atoms with Gasteiger partial charge in [0.05, 0.1) is 11.9 Å². The Morgan fingerprint density at radius 2 is 1.57 bits per heavy atom. The quantitative estimate of drug-likeness (QED) is 0.442. The number of hydrogen-bond donors (Lipinski definition) is 1. The van der Waals surface area contributed by atoms with E-state index in [4.69, 9.17) is 5.14 Å². The smallest absolute Gasteiger partial charge is 0.223 e. The van der Waals surface area contributed by atoms with Gasteiger partial charge in [0.25, 0.3) is 10.0 Å². The molecule has 6 nitrogen and oxygen atoms in total. The van der Waals surface area contributed by atoms with Gasteiger partial charge in [-0.15, -0.1) is 5.10 Å². The first-order valence-corrected chi connectivity index (χ1v) is 10.9. The van der Waals surface area contributed by atoms with Gasteiger partial charge < -0.3 is 0 Å². The number of sulfonamides is 1. The highest BCUT2D eigenvalue weighted by Gasteiger charge is 2.19. The minimum absolute atomic E-state index is 0.142. The summed E-state index contributed by atoms with van der Waals surface area (Å²) in [6.07, 6.45) is 1.74. The van der Waals surface area contributed by atoms with Crippen LogP contribution in [-0.4, -0.2) is 23.0 Å². The van der Waals surface area contributed by atoms with Gasteiger partial charge in [-0.1, -0.05) is 65.9 Å². The van der Waals surface area contributed by atoms with Crippen LogP contribution < -0.4 is 5.14 Å². The minimum atomic E-state index is -3.83. The molecule has 2 N–H and O–H groups in total. The number of aromatic nitrogens is 3. The Morgan fingerprint density at radius 1 is 0.893 bits per heavy atom. The normalized spacial score (nSPS) is 12.8. The Labute approximate surface area is 163 Å². The Balaban J connectivity index is 1.66. The van der Waals surface area contributed by atoms with Crippen LogP contribution in [0.25, 0.3) is 48.5 Å². The highest BCUT2D eigenvalue weighted by molar-refractivity contribution is 7.91. The third kappa shape index (κ3) is 2.13. The SMILES string of the molecule is NS(=O)(=O)c1nn2cc(-c3ccc4ccc5cccc6ccc3c4c56)nc2s1. The van der Waals surface area contributed by atoms with Crippen LogP contribution in [-0.2, 0) is 10.0 Å². The molecule has 2 aromatic heterocycles. The van der Waals surface area contributed by atoms with E-state index in [1.165, 1.54) is 31.4 Å². The third-order valence-electron chi connectivity index (χ3n) is 5.07. The lowest BCUT2D eigenvalue weighted by atomic mass is 9.91. The Bertz CT molecular complexity index is 1600. The summed E-state index contributed by atoms with van der Waals surface area (Å²) < 4.78 is 24.3.